The van der Waals surface area contributed by atoms with Gasteiger partial charge < -0.3 is 4.42 Å². The molecule has 0 unspecified atom stereocenters. The summed E-state index contributed by atoms with van der Waals surface area (Å²) in [7, 11) is 0. The van der Waals surface area contributed by atoms with Crippen molar-refractivity contribution in [1.82, 2.24) is 9.80 Å². The minimum absolute atomic E-state index is 0.494. The van der Waals surface area contributed by atoms with Crippen molar-refractivity contribution < 1.29 is 4.42 Å². The Labute approximate surface area is 107 Å². The standard InChI is InChI=1S/C13H19ClN2O/c14-13-5-4-12(17-13)10-15-8-11(9-15)16-6-2-1-3-7-16/h4-5,11H,1-3,6-10H2. The van der Waals surface area contributed by atoms with E-state index in [0.29, 0.717) is 5.22 Å². The Morgan fingerprint density at radius 1 is 1.18 bits per heavy atom. The van der Waals surface area contributed by atoms with Crippen LogP contribution in [0, 0.1) is 0 Å². The second kappa shape index (κ2) is 5.01. The van der Waals surface area contributed by atoms with E-state index in [1.54, 1.807) is 0 Å². The first-order chi connectivity index (χ1) is 8.31. The molecule has 0 spiro atoms. The molecule has 0 aromatic carbocycles. The molecular formula is C13H19ClN2O. The van der Waals surface area contributed by atoms with Crippen molar-refractivity contribution >= 4 is 11.6 Å². The van der Waals surface area contributed by atoms with Crippen LogP contribution in [0.5, 0.6) is 0 Å². The summed E-state index contributed by atoms with van der Waals surface area (Å²) >= 11 is 5.76. The van der Waals surface area contributed by atoms with Gasteiger partial charge in [0.15, 0.2) is 5.22 Å². The third-order valence-corrected chi connectivity index (χ3v) is 4.06. The fraction of sp³-hybridized carbons (Fsp3) is 0.692. The molecule has 17 heavy (non-hydrogen) atoms. The second-order valence-corrected chi connectivity index (χ2v) is 5.52. The van der Waals surface area contributed by atoms with Gasteiger partial charge in [-0.25, -0.2) is 0 Å². The lowest BCUT2D eigenvalue weighted by Gasteiger charge is -2.46. The predicted octanol–water partition coefficient (Wildman–Crippen LogP) is 2.60. The van der Waals surface area contributed by atoms with Crippen LogP contribution in [0.1, 0.15) is 25.0 Å². The third-order valence-electron chi connectivity index (χ3n) is 3.85. The van der Waals surface area contributed by atoms with E-state index in [0.717, 1.165) is 18.3 Å². The molecule has 3 heterocycles. The summed E-state index contributed by atoms with van der Waals surface area (Å²) in [4.78, 5) is 5.07. The van der Waals surface area contributed by atoms with E-state index >= 15 is 0 Å². The van der Waals surface area contributed by atoms with Gasteiger partial charge in [0, 0.05) is 19.1 Å². The number of halogens is 1. The predicted molar refractivity (Wildman–Crippen MR) is 68.2 cm³/mol. The van der Waals surface area contributed by atoms with Crippen molar-refractivity contribution in [3.63, 3.8) is 0 Å². The summed E-state index contributed by atoms with van der Waals surface area (Å²) in [5.74, 6) is 0.979. The Balaban J connectivity index is 1.45. The molecule has 2 aliphatic heterocycles. The van der Waals surface area contributed by atoms with Crippen LogP contribution < -0.4 is 0 Å². The highest BCUT2D eigenvalue weighted by Gasteiger charge is 2.32. The molecular weight excluding hydrogens is 236 g/mol. The first kappa shape index (κ1) is 11.6. The van der Waals surface area contributed by atoms with Crippen molar-refractivity contribution in [3.8, 4) is 0 Å². The Bertz CT molecular complexity index is 367. The molecule has 2 fully saturated rings. The molecule has 2 saturated heterocycles. The van der Waals surface area contributed by atoms with Gasteiger partial charge in [-0.2, -0.15) is 0 Å². The maximum absolute atomic E-state index is 5.76. The molecule has 0 atom stereocenters. The van der Waals surface area contributed by atoms with E-state index in [9.17, 15) is 0 Å². The highest BCUT2D eigenvalue weighted by atomic mass is 35.5. The summed E-state index contributed by atoms with van der Waals surface area (Å²) in [6.45, 7) is 5.85. The first-order valence-corrected chi connectivity index (χ1v) is 6.90. The molecule has 0 bridgehead atoms. The first-order valence-electron chi connectivity index (χ1n) is 6.52. The molecule has 3 rings (SSSR count). The van der Waals surface area contributed by atoms with Gasteiger partial charge in [-0.15, -0.1) is 0 Å². The lowest BCUT2D eigenvalue weighted by molar-refractivity contribution is 0.0150. The molecule has 0 saturated carbocycles. The Hall–Kier alpha value is -0.510. The number of hydrogen-bond donors (Lipinski definition) is 0. The molecule has 3 nitrogen and oxygen atoms in total. The molecule has 2 aliphatic rings. The number of piperidine rings is 1. The van der Waals surface area contributed by atoms with Gasteiger partial charge in [-0.05, 0) is 49.7 Å². The fourth-order valence-electron chi connectivity index (χ4n) is 2.84. The van der Waals surface area contributed by atoms with Crippen LogP contribution in [-0.2, 0) is 6.54 Å². The minimum Gasteiger partial charge on any atom is -0.448 e. The van der Waals surface area contributed by atoms with Gasteiger partial charge in [0.1, 0.15) is 5.76 Å². The molecule has 0 N–H and O–H groups in total. The quantitative estimate of drug-likeness (QED) is 0.827. The van der Waals surface area contributed by atoms with Gasteiger partial charge in [0.2, 0.25) is 0 Å². The lowest BCUT2D eigenvalue weighted by atomic mass is 10.0. The zero-order valence-corrected chi connectivity index (χ0v) is 10.8. The van der Waals surface area contributed by atoms with E-state index in [1.807, 2.05) is 12.1 Å². The number of nitrogens with zero attached hydrogens (tertiary/aromatic N) is 2. The van der Waals surface area contributed by atoms with E-state index in [-0.39, 0.29) is 0 Å². The van der Waals surface area contributed by atoms with Crippen LogP contribution in [0.4, 0.5) is 0 Å². The van der Waals surface area contributed by atoms with Crippen LogP contribution >= 0.6 is 11.6 Å². The van der Waals surface area contributed by atoms with Gasteiger partial charge in [0.05, 0.1) is 6.54 Å². The molecule has 0 radical (unpaired) electrons. The SMILES string of the molecule is Clc1ccc(CN2CC(N3CCCCC3)C2)o1. The van der Waals surface area contributed by atoms with Gasteiger partial charge in [-0.3, -0.25) is 9.80 Å². The summed E-state index contributed by atoms with van der Waals surface area (Å²) in [6, 6.07) is 4.57. The zero-order chi connectivity index (χ0) is 11.7. The van der Waals surface area contributed by atoms with Gasteiger partial charge in [-0.1, -0.05) is 6.42 Å². The number of hydrogen-bond acceptors (Lipinski definition) is 3. The maximum atomic E-state index is 5.76. The normalized spacial score (nSPS) is 23.8. The smallest absolute Gasteiger partial charge is 0.193 e. The zero-order valence-electron chi connectivity index (χ0n) is 10.1. The van der Waals surface area contributed by atoms with Crippen molar-refractivity contribution in [1.29, 1.82) is 0 Å². The van der Waals surface area contributed by atoms with Crippen molar-refractivity contribution in [2.75, 3.05) is 26.2 Å². The summed E-state index contributed by atoms with van der Waals surface area (Å²) < 4.78 is 5.38. The largest absolute Gasteiger partial charge is 0.448 e. The Morgan fingerprint density at radius 3 is 2.59 bits per heavy atom. The number of likely N-dealkylation sites (tertiary alicyclic amines) is 2. The van der Waals surface area contributed by atoms with E-state index in [4.69, 9.17) is 16.0 Å². The number of rotatable bonds is 3. The van der Waals surface area contributed by atoms with E-state index in [2.05, 4.69) is 9.80 Å². The van der Waals surface area contributed by atoms with Crippen LogP contribution in [0.2, 0.25) is 5.22 Å². The van der Waals surface area contributed by atoms with Crippen LogP contribution in [-0.4, -0.2) is 42.0 Å². The van der Waals surface area contributed by atoms with Crippen LogP contribution in [0.3, 0.4) is 0 Å². The maximum Gasteiger partial charge on any atom is 0.193 e. The molecule has 1 aromatic rings. The third kappa shape index (κ3) is 2.67. The molecule has 94 valence electrons. The summed E-state index contributed by atoms with van der Waals surface area (Å²) in [5.41, 5.74) is 0. The van der Waals surface area contributed by atoms with Crippen LogP contribution in [0.15, 0.2) is 16.5 Å². The van der Waals surface area contributed by atoms with Gasteiger partial charge in [0.25, 0.3) is 0 Å². The van der Waals surface area contributed by atoms with E-state index in [1.165, 1.54) is 45.4 Å². The highest BCUT2D eigenvalue weighted by molar-refractivity contribution is 6.28. The molecule has 0 amide bonds. The van der Waals surface area contributed by atoms with Crippen molar-refractivity contribution in [2.24, 2.45) is 0 Å². The molecule has 4 heteroatoms. The summed E-state index contributed by atoms with van der Waals surface area (Å²) in [5, 5.41) is 0.494. The second-order valence-electron chi connectivity index (χ2n) is 5.15. The monoisotopic (exact) mass is 254 g/mol. The molecule has 0 aliphatic carbocycles. The van der Waals surface area contributed by atoms with Crippen molar-refractivity contribution in [3.05, 3.63) is 23.1 Å². The minimum atomic E-state index is 0.494. The molecule has 1 aromatic heterocycles. The van der Waals surface area contributed by atoms with Crippen LogP contribution in [0.25, 0.3) is 0 Å². The average Bonchev–Trinajstić information content (AvgIpc) is 2.70. The Kier molecular flexibility index (Phi) is 3.41. The lowest BCUT2D eigenvalue weighted by Crippen LogP contribution is -2.59. The van der Waals surface area contributed by atoms with Gasteiger partial charge >= 0.3 is 0 Å². The van der Waals surface area contributed by atoms with E-state index < -0.39 is 0 Å². The fourth-order valence-corrected chi connectivity index (χ4v) is 3.01. The van der Waals surface area contributed by atoms with Crippen molar-refractivity contribution in [2.45, 2.75) is 31.8 Å². The summed E-state index contributed by atoms with van der Waals surface area (Å²) in [6.07, 6.45) is 4.17. The number of furan rings is 1. The highest BCUT2D eigenvalue weighted by Crippen LogP contribution is 2.22. The average molecular weight is 255 g/mol. The topological polar surface area (TPSA) is 19.6 Å². The Morgan fingerprint density at radius 2 is 1.94 bits per heavy atom.